The van der Waals surface area contributed by atoms with Crippen molar-refractivity contribution in [3.05, 3.63) is 163 Å². The van der Waals surface area contributed by atoms with E-state index >= 15 is 0 Å². The van der Waals surface area contributed by atoms with Gasteiger partial charge in [0.15, 0.2) is 0 Å². The summed E-state index contributed by atoms with van der Waals surface area (Å²) in [4.78, 5) is 2.51. The van der Waals surface area contributed by atoms with Crippen LogP contribution >= 0.6 is 0 Å². The molecule has 0 aromatic heterocycles. The molecular weight excluding hydrogens is 668 g/mol. The smallest absolute Gasteiger partial charge is 0.246 e. The Hall–Kier alpha value is -5.93. The molecule has 7 aromatic carbocycles. The summed E-state index contributed by atoms with van der Waals surface area (Å²) in [5.74, 6) is 0.519. The van der Waals surface area contributed by atoms with E-state index in [0.29, 0.717) is 0 Å². The minimum atomic E-state index is -0.0332. The molecule has 0 saturated heterocycles. The molecule has 2 N–H and O–H groups in total. The van der Waals surface area contributed by atoms with Gasteiger partial charge in [0, 0.05) is 17.1 Å². The monoisotopic (exact) mass is 713 g/mol. The van der Waals surface area contributed by atoms with Crippen molar-refractivity contribution in [3.8, 4) is 33.8 Å². The highest BCUT2D eigenvalue weighted by Crippen LogP contribution is 2.40. The normalized spacial score (nSPS) is 13.3. The molecule has 0 radical (unpaired) electrons. The first-order chi connectivity index (χ1) is 26.3. The molecule has 3 nitrogen and oxygen atoms in total. The van der Waals surface area contributed by atoms with Crippen LogP contribution in [0.4, 0.5) is 17.1 Å². The number of hydrogen-bond acceptors (Lipinski definition) is 3. The number of nitrogens with zero attached hydrogens (tertiary/aromatic N) is 1. The Bertz CT molecular complexity index is 2550. The van der Waals surface area contributed by atoms with E-state index in [9.17, 15) is 10.2 Å². The molecule has 7 aromatic rings. The fourth-order valence-electron chi connectivity index (χ4n) is 8.72. The zero-order valence-corrected chi connectivity index (χ0v) is 32.4. The SMILES string of the molecule is CC(C)(C)c1ccc(B2c3ccccc3N3c4cc(-c5ccc(O)cc5)ccc4B(c4ccc(C(C)(C)C)cc4)c4cc(-c5ccc(O)cc5)cc2c43)cc1. The van der Waals surface area contributed by atoms with Crippen molar-refractivity contribution in [2.75, 3.05) is 4.90 Å². The molecule has 2 heterocycles. The molecule has 2 aliphatic rings. The van der Waals surface area contributed by atoms with Crippen LogP contribution in [-0.4, -0.2) is 23.6 Å². The Morgan fingerprint density at radius 3 is 1.33 bits per heavy atom. The number of benzene rings is 7. The number of anilines is 3. The van der Waals surface area contributed by atoms with Crippen LogP contribution in [0.3, 0.4) is 0 Å². The second kappa shape index (κ2) is 12.8. The summed E-state index contributed by atoms with van der Waals surface area (Å²) >= 11 is 0. The molecule has 55 heavy (non-hydrogen) atoms. The van der Waals surface area contributed by atoms with Crippen molar-refractivity contribution in [2.24, 2.45) is 0 Å². The van der Waals surface area contributed by atoms with E-state index in [1.54, 1.807) is 24.3 Å². The van der Waals surface area contributed by atoms with Gasteiger partial charge in [-0.15, -0.1) is 0 Å². The third-order valence-electron chi connectivity index (χ3n) is 11.7. The van der Waals surface area contributed by atoms with E-state index < -0.39 is 0 Å². The number of hydrogen-bond donors (Lipinski definition) is 2. The molecule has 5 heteroatoms. The number of phenols is 2. The van der Waals surface area contributed by atoms with Crippen LogP contribution in [-0.2, 0) is 10.8 Å². The average Bonchev–Trinajstić information content (AvgIpc) is 3.17. The van der Waals surface area contributed by atoms with Gasteiger partial charge >= 0.3 is 0 Å². The van der Waals surface area contributed by atoms with Gasteiger partial charge in [0.2, 0.25) is 13.4 Å². The van der Waals surface area contributed by atoms with Gasteiger partial charge in [0.25, 0.3) is 0 Å². The van der Waals surface area contributed by atoms with E-state index in [-0.39, 0.29) is 35.8 Å². The molecule has 2 aliphatic heterocycles. The van der Waals surface area contributed by atoms with Crippen LogP contribution in [0.1, 0.15) is 52.7 Å². The number of aromatic hydroxyl groups is 2. The number of fused-ring (bicyclic) bond motifs is 4. The molecule has 0 aliphatic carbocycles. The highest BCUT2D eigenvalue weighted by molar-refractivity contribution is 7.02. The quantitative estimate of drug-likeness (QED) is 0.181. The van der Waals surface area contributed by atoms with Gasteiger partial charge in [-0.25, -0.2) is 0 Å². The molecular formula is C50H45B2NO2. The molecule has 0 fully saturated rings. The van der Waals surface area contributed by atoms with Crippen molar-refractivity contribution in [1.82, 2.24) is 0 Å². The zero-order chi connectivity index (χ0) is 38.2. The van der Waals surface area contributed by atoms with Gasteiger partial charge in [-0.1, -0.05) is 168 Å². The van der Waals surface area contributed by atoms with E-state index in [1.807, 2.05) is 24.3 Å². The lowest BCUT2D eigenvalue weighted by Crippen LogP contribution is -2.65. The summed E-state index contributed by atoms with van der Waals surface area (Å²) in [5.41, 5.74) is 18.2. The highest BCUT2D eigenvalue weighted by Gasteiger charge is 2.44. The topological polar surface area (TPSA) is 43.7 Å². The minimum Gasteiger partial charge on any atom is -0.508 e. The third-order valence-corrected chi connectivity index (χ3v) is 11.7. The summed E-state index contributed by atoms with van der Waals surface area (Å²) < 4.78 is 0. The van der Waals surface area contributed by atoms with E-state index in [2.05, 4.69) is 150 Å². The van der Waals surface area contributed by atoms with Gasteiger partial charge in [-0.3, -0.25) is 0 Å². The Morgan fingerprint density at radius 2 is 0.836 bits per heavy atom. The Kier molecular flexibility index (Phi) is 8.13. The van der Waals surface area contributed by atoms with Gasteiger partial charge < -0.3 is 15.1 Å². The van der Waals surface area contributed by atoms with Gasteiger partial charge in [0.1, 0.15) is 11.5 Å². The van der Waals surface area contributed by atoms with Crippen molar-refractivity contribution in [3.63, 3.8) is 0 Å². The van der Waals surface area contributed by atoms with Crippen LogP contribution in [0, 0.1) is 0 Å². The largest absolute Gasteiger partial charge is 0.508 e. The van der Waals surface area contributed by atoms with Crippen molar-refractivity contribution in [2.45, 2.75) is 52.4 Å². The summed E-state index contributed by atoms with van der Waals surface area (Å²) in [6.45, 7) is 13.6. The Balaban J connectivity index is 1.36. The van der Waals surface area contributed by atoms with Crippen LogP contribution in [0.5, 0.6) is 11.5 Å². The first-order valence-corrected chi connectivity index (χ1v) is 19.4. The zero-order valence-electron chi connectivity index (χ0n) is 32.4. The molecule has 0 bridgehead atoms. The predicted octanol–water partition coefficient (Wildman–Crippen LogP) is 8.16. The average molecular weight is 714 g/mol. The van der Waals surface area contributed by atoms with Crippen molar-refractivity contribution >= 4 is 63.3 Å². The lowest BCUT2D eigenvalue weighted by Gasteiger charge is -2.44. The van der Waals surface area contributed by atoms with Crippen LogP contribution < -0.4 is 37.7 Å². The maximum absolute atomic E-state index is 10.3. The summed E-state index contributed by atoms with van der Waals surface area (Å²) in [7, 11) is 0. The van der Waals surface area contributed by atoms with Gasteiger partial charge in [0.05, 0.1) is 0 Å². The molecule has 9 rings (SSSR count). The maximum Gasteiger partial charge on any atom is 0.246 e. The second-order valence-electron chi connectivity index (χ2n) is 17.4. The summed E-state index contributed by atoms with van der Waals surface area (Å²) in [5, 5.41) is 20.4. The standard InChI is InChI=1S/C50H45B2NO2/c1-49(2,3)36-16-20-38(21-17-36)51-42-9-7-8-10-46(42)53-47-31-34(32-11-24-40(54)25-12-32)15-28-43(47)52(39-22-18-37(19-23-39)50(4,5)6)45-30-35(29-44(51)48(45)53)33-13-26-41(55)27-14-33/h7-31,54-55H,1-6H3. The lowest BCUT2D eigenvalue weighted by atomic mass is 9.30. The van der Waals surface area contributed by atoms with Gasteiger partial charge in [-0.2, -0.15) is 0 Å². The molecule has 268 valence electrons. The summed E-state index contributed by atoms with van der Waals surface area (Å²) in [6.07, 6.45) is 0. The number of phenolic OH excluding ortho intramolecular Hbond substituents is 2. The molecule has 0 amide bonds. The fourth-order valence-corrected chi connectivity index (χ4v) is 8.72. The van der Waals surface area contributed by atoms with Crippen LogP contribution in [0.25, 0.3) is 22.3 Å². The Morgan fingerprint density at radius 1 is 0.400 bits per heavy atom. The second-order valence-corrected chi connectivity index (χ2v) is 17.4. The lowest BCUT2D eigenvalue weighted by molar-refractivity contribution is 0.475. The van der Waals surface area contributed by atoms with Crippen LogP contribution in [0.15, 0.2) is 152 Å². The summed E-state index contributed by atoms with van der Waals surface area (Å²) in [6, 6.07) is 54.3. The fraction of sp³-hybridized carbons (Fsp3) is 0.160. The molecule has 0 saturated carbocycles. The highest BCUT2D eigenvalue weighted by atomic mass is 16.3. The van der Waals surface area contributed by atoms with E-state index in [0.717, 1.165) is 27.9 Å². The molecule has 0 atom stereocenters. The first kappa shape index (κ1) is 34.8. The van der Waals surface area contributed by atoms with Crippen molar-refractivity contribution < 1.29 is 10.2 Å². The predicted molar refractivity (Wildman–Crippen MR) is 235 cm³/mol. The minimum absolute atomic E-state index is 0.00182. The van der Waals surface area contributed by atoms with Gasteiger partial charge in [-0.05, 0) is 102 Å². The maximum atomic E-state index is 10.3. The number of para-hydroxylation sites is 1. The van der Waals surface area contributed by atoms with E-state index in [4.69, 9.17) is 0 Å². The third kappa shape index (κ3) is 6.03. The van der Waals surface area contributed by atoms with E-state index in [1.165, 1.54) is 55.3 Å². The van der Waals surface area contributed by atoms with Crippen molar-refractivity contribution in [1.29, 1.82) is 0 Å². The van der Waals surface area contributed by atoms with Crippen LogP contribution in [0.2, 0.25) is 0 Å². The molecule has 0 spiro atoms. The number of rotatable bonds is 4. The molecule has 0 unspecified atom stereocenters. The first-order valence-electron chi connectivity index (χ1n) is 19.4. The Labute approximate surface area is 326 Å².